The van der Waals surface area contributed by atoms with Crippen LogP contribution in [0.1, 0.15) is 129 Å². The average Bonchev–Trinajstić information content (AvgIpc) is 4.02. The molecule has 0 saturated heterocycles. The second-order valence-electron chi connectivity index (χ2n) is 19.9. The molecular formula is C58H51Cl2F12SiZr. The Morgan fingerprint density at radius 3 is 1.24 bits per heavy atom. The van der Waals surface area contributed by atoms with Gasteiger partial charge in [0.05, 0.1) is 0 Å². The van der Waals surface area contributed by atoms with Crippen molar-refractivity contribution in [1.82, 2.24) is 0 Å². The maximum absolute atomic E-state index is 14.6. The Hall–Kier alpha value is -4.36. The van der Waals surface area contributed by atoms with Gasteiger partial charge >= 0.3 is 436 Å². The SMILES string of the molecule is CCCC1=Cc2c(ccc(CCC)c2-c2cc(C(F)(F)F)cc(C(F)(F)F)c2)[CH]1[Zr]([Cl])([Cl])([c]1cccc2c1[SiH2]c1ccccc1-2)[CH]1C(CCC)=Cc2c1ccc(CCC)c2-c1cc(C(F)(F)F)cc(C(F)(F)F)c1. The number of aryl methyl sites for hydroxylation is 2. The molecule has 1 aliphatic heterocycles. The van der Waals surface area contributed by atoms with Crippen LogP contribution in [-0.2, 0) is 53.9 Å². The molecule has 0 N–H and O–H groups in total. The van der Waals surface area contributed by atoms with Crippen molar-refractivity contribution < 1.29 is 69.1 Å². The summed E-state index contributed by atoms with van der Waals surface area (Å²) in [5.74, 6) is 0. The van der Waals surface area contributed by atoms with Gasteiger partial charge < -0.3 is 0 Å². The predicted octanol–water partition coefficient (Wildman–Crippen LogP) is 17.6. The van der Waals surface area contributed by atoms with E-state index in [9.17, 15) is 52.7 Å². The molecule has 16 heteroatoms. The van der Waals surface area contributed by atoms with Gasteiger partial charge in [0.2, 0.25) is 0 Å². The zero-order valence-corrected chi connectivity index (χ0v) is 46.2. The summed E-state index contributed by atoms with van der Waals surface area (Å²) in [6, 6.07) is 24.3. The van der Waals surface area contributed by atoms with E-state index in [2.05, 4.69) is 6.07 Å². The molecule has 0 bridgehead atoms. The number of allylic oxidation sites excluding steroid dienone is 2. The van der Waals surface area contributed by atoms with E-state index in [1.54, 1.807) is 12.1 Å². The molecule has 6 aromatic rings. The Morgan fingerprint density at radius 1 is 0.459 bits per heavy atom. The van der Waals surface area contributed by atoms with Gasteiger partial charge in [-0.05, 0) is 0 Å². The van der Waals surface area contributed by atoms with E-state index in [0.29, 0.717) is 84.7 Å². The van der Waals surface area contributed by atoms with Crippen molar-refractivity contribution in [2.45, 2.75) is 111 Å². The number of hydrogen-bond donors (Lipinski definition) is 0. The van der Waals surface area contributed by atoms with Crippen LogP contribution in [0.5, 0.6) is 0 Å². The summed E-state index contributed by atoms with van der Waals surface area (Å²) >= 11 is -6.55. The van der Waals surface area contributed by atoms with E-state index >= 15 is 0 Å². The topological polar surface area (TPSA) is 0 Å². The van der Waals surface area contributed by atoms with E-state index < -0.39 is 80.1 Å². The first-order valence-corrected chi connectivity index (χ1v) is 36.7. The molecule has 0 saturated carbocycles. The van der Waals surface area contributed by atoms with Crippen molar-refractivity contribution in [3.8, 4) is 33.4 Å². The first-order chi connectivity index (χ1) is 34.7. The molecule has 9 rings (SSSR count). The van der Waals surface area contributed by atoms with E-state index in [1.807, 2.05) is 88.4 Å². The summed E-state index contributed by atoms with van der Waals surface area (Å²) in [5, 5.41) is 2.13. The van der Waals surface area contributed by atoms with Crippen molar-refractivity contribution in [3.05, 3.63) is 170 Å². The summed E-state index contributed by atoms with van der Waals surface area (Å²) in [4.78, 5) is 0. The van der Waals surface area contributed by atoms with E-state index in [-0.39, 0.29) is 34.4 Å². The summed E-state index contributed by atoms with van der Waals surface area (Å²) in [5.41, 5.74) is 0.418. The average molecular weight is 1170 g/mol. The van der Waals surface area contributed by atoms with Crippen LogP contribution in [0.2, 0.25) is 0 Å². The van der Waals surface area contributed by atoms with Gasteiger partial charge in [-0.15, -0.1) is 0 Å². The summed E-state index contributed by atoms with van der Waals surface area (Å²) in [7, 11) is 16.9. The molecule has 3 aliphatic rings. The van der Waals surface area contributed by atoms with Crippen LogP contribution < -0.4 is 13.6 Å². The van der Waals surface area contributed by atoms with E-state index in [4.69, 9.17) is 17.0 Å². The van der Waals surface area contributed by atoms with Crippen LogP contribution >= 0.6 is 17.0 Å². The minimum absolute atomic E-state index is 0.113. The predicted molar refractivity (Wildman–Crippen MR) is 274 cm³/mol. The molecule has 6 aromatic carbocycles. The molecule has 2 aliphatic carbocycles. The Kier molecular flexibility index (Phi) is 14.4. The molecule has 1 heterocycles. The quantitative estimate of drug-likeness (QED) is 0.0797. The Morgan fingerprint density at radius 2 is 0.851 bits per heavy atom. The normalized spacial score (nSPS) is 17.4. The van der Waals surface area contributed by atoms with Gasteiger partial charge in [-0.3, -0.25) is 0 Å². The molecule has 2 atom stereocenters. The number of fused-ring (bicyclic) bond motifs is 5. The number of alkyl halides is 12. The Balaban J connectivity index is 1.41. The van der Waals surface area contributed by atoms with Crippen LogP contribution in [0.3, 0.4) is 0 Å². The van der Waals surface area contributed by atoms with Gasteiger partial charge in [0.15, 0.2) is 0 Å². The van der Waals surface area contributed by atoms with Crippen molar-refractivity contribution in [2.75, 3.05) is 0 Å². The summed E-state index contributed by atoms with van der Waals surface area (Å²) in [6.07, 6.45) is -13.3. The van der Waals surface area contributed by atoms with E-state index in [1.165, 1.54) is 0 Å². The van der Waals surface area contributed by atoms with Crippen LogP contribution in [-0.4, -0.2) is 9.52 Å². The molecule has 0 amide bonds. The monoisotopic (exact) mass is 1160 g/mol. The van der Waals surface area contributed by atoms with Gasteiger partial charge in [-0.2, -0.15) is 0 Å². The van der Waals surface area contributed by atoms with Crippen LogP contribution in [0, 0.1) is 0 Å². The number of halogens is 14. The third-order valence-electron chi connectivity index (χ3n) is 15.0. The molecule has 74 heavy (non-hydrogen) atoms. The van der Waals surface area contributed by atoms with Gasteiger partial charge in [-0.25, -0.2) is 0 Å². The zero-order chi connectivity index (χ0) is 53.5. The third-order valence-corrected chi connectivity index (χ3v) is 37.8. The van der Waals surface area contributed by atoms with Crippen LogP contribution in [0.4, 0.5) is 52.7 Å². The van der Waals surface area contributed by atoms with Crippen molar-refractivity contribution >= 4 is 52.3 Å². The van der Waals surface area contributed by atoms with Crippen molar-refractivity contribution in [1.29, 1.82) is 0 Å². The second kappa shape index (κ2) is 19.6. The standard InChI is InChI=1S/2C23H21F6.C12H9Si.2ClH.Zr/c2*1-3-5-14-9-16-8-7-15(6-4-2)21(20(16)10-14)17-11-18(22(24,25)26)13-19(12-17)23(27,28)29;1-3-7-11-9(5-1)10-6-2-4-8-12(10)13-11;;;/h2*7-13H,3-6H2,1-2H3;1-7H,13H2;2*1H;/q;;;;;+2/p-2. The van der Waals surface area contributed by atoms with Crippen molar-refractivity contribution in [3.63, 3.8) is 0 Å². The molecule has 0 spiro atoms. The van der Waals surface area contributed by atoms with Gasteiger partial charge in [-0.1, -0.05) is 0 Å². The van der Waals surface area contributed by atoms with Crippen molar-refractivity contribution in [2.24, 2.45) is 0 Å². The molecule has 389 valence electrons. The second-order valence-corrected chi connectivity index (χ2v) is 42.3. The summed E-state index contributed by atoms with van der Waals surface area (Å²) < 4.78 is 175. The molecule has 0 fully saturated rings. The number of hydrogen-bond acceptors (Lipinski definition) is 0. The zero-order valence-electron chi connectivity index (χ0n) is 40.8. The first-order valence-electron chi connectivity index (χ1n) is 24.8. The number of rotatable bonds is 13. The molecule has 2 unspecified atom stereocenters. The van der Waals surface area contributed by atoms with Gasteiger partial charge in [0.25, 0.3) is 0 Å². The van der Waals surface area contributed by atoms with Gasteiger partial charge in [0.1, 0.15) is 0 Å². The molecule has 0 aromatic heterocycles. The molecular weight excluding hydrogens is 1110 g/mol. The Labute approximate surface area is 432 Å². The molecule has 0 radical (unpaired) electrons. The summed E-state index contributed by atoms with van der Waals surface area (Å²) in [6.45, 7) is 7.61. The van der Waals surface area contributed by atoms with Gasteiger partial charge in [0, 0.05) is 0 Å². The third kappa shape index (κ3) is 9.41. The number of benzene rings is 6. The maximum atomic E-state index is 14.6. The van der Waals surface area contributed by atoms with Crippen LogP contribution in [0.25, 0.3) is 45.5 Å². The fourth-order valence-corrected chi connectivity index (χ4v) is 40.3. The minimum atomic E-state index is -6.55. The molecule has 0 nitrogen and oxygen atoms in total. The Bertz CT molecular complexity index is 3040. The first kappa shape index (κ1) is 54.4. The fourth-order valence-electron chi connectivity index (χ4n) is 12.3. The fraction of sp³-hybridized carbons (Fsp3) is 0.310. The van der Waals surface area contributed by atoms with E-state index in [0.717, 1.165) is 60.2 Å². The van der Waals surface area contributed by atoms with Crippen LogP contribution in [0.15, 0.2) is 114 Å².